The van der Waals surface area contributed by atoms with E-state index in [1.165, 1.54) is 0 Å². The zero-order valence-corrected chi connectivity index (χ0v) is 7.25. The van der Waals surface area contributed by atoms with E-state index in [1.807, 2.05) is 7.05 Å². The minimum absolute atomic E-state index is 0.150. The van der Waals surface area contributed by atoms with Gasteiger partial charge in [0.1, 0.15) is 0 Å². The van der Waals surface area contributed by atoms with Crippen LogP contribution in [0.2, 0.25) is 0 Å². The molecular formula is C8H14N2O2. The van der Waals surface area contributed by atoms with Gasteiger partial charge in [0.25, 0.3) is 0 Å². The van der Waals surface area contributed by atoms with Crippen molar-refractivity contribution in [1.29, 1.82) is 0 Å². The summed E-state index contributed by atoms with van der Waals surface area (Å²) in [6.07, 6.45) is 0.862. The van der Waals surface area contributed by atoms with Crippen LogP contribution in [0.5, 0.6) is 0 Å². The zero-order valence-electron chi connectivity index (χ0n) is 7.25. The Bertz CT molecular complexity index is 195. The van der Waals surface area contributed by atoms with Gasteiger partial charge in [0.15, 0.2) is 0 Å². The Kier molecular flexibility index (Phi) is 2.02. The summed E-state index contributed by atoms with van der Waals surface area (Å²) in [4.78, 5) is 13.5. The summed E-state index contributed by atoms with van der Waals surface area (Å²) in [6, 6.07) is 0.299. The molecule has 68 valence electrons. The van der Waals surface area contributed by atoms with Gasteiger partial charge in [0, 0.05) is 12.6 Å². The quantitative estimate of drug-likeness (QED) is 0.528. The highest BCUT2D eigenvalue weighted by atomic mass is 16.5. The maximum Gasteiger partial charge on any atom is 0.225 e. The van der Waals surface area contributed by atoms with Crippen molar-refractivity contribution in [2.45, 2.75) is 12.5 Å². The smallest absolute Gasteiger partial charge is 0.225 e. The first-order chi connectivity index (χ1) is 5.79. The molecule has 2 aliphatic rings. The number of rotatable bonds is 0. The molecule has 2 saturated heterocycles. The highest BCUT2D eigenvalue weighted by Gasteiger charge is 2.37. The monoisotopic (exact) mass is 170 g/mol. The van der Waals surface area contributed by atoms with Crippen LogP contribution in [0.4, 0.5) is 0 Å². The second-order valence-electron chi connectivity index (χ2n) is 3.49. The molecule has 0 aromatic heterocycles. The number of nitrogens with zero attached hydrogens (tertiary/aromatic N) is 1. The van der Waals surface area contributed by atoms with Crippen molar-refractivity contribution in [1.82, 2.24) is 10.2 Å². The van der Waals surface area contributed by atoms with Crippen LogP contribution in [-0.2, 0) is 9.53 Å². The van der Waals surface area contributed by atoms with Gasteiger partial charge in [-0.05, 0) is 13.5 Å². The summed E-state index contributed by atoms with van der Waals surface area (Å²) in [5.74, 6) is 0.346. The fourth-order valence-electron chi connectivity index (χ4n) is 1.91. The molecule has 1 N–H and O–H groups in total. The van der Waals surface area contributed by atoms with Gasteiger partial charge in [-0.25, -0.2) is 0 Å². The van der Waals surface area contributed by atoms with E-state index in [2.05, 4.69) is 10.2 Å². The van der Waals surface area contributed by atoms with E-state index in [0.29, 0.717) is 19.3 Å². The lowest BCUT2D eigenvalue weighted by Crippen LogP contribution is -2.59. The van der Waals surface area contributed by atoms with Gasteiger partial charge in [0.05, 0.1) is 19.2 Å². The Morgan fingerprint density at radius 2 is 2.50 bits per heavy atom. The number of ether oxygens (including phenoxy) is 1. The standard InChI is InChI=1S/C8H14N2O2/c1-10-5-9-8(11)6-2-3-12-4-7(6)10/h6-7H,2-5H2,1H3,(H,9,11). The van der Waals surface area contributed by atoms with Gasteiger partial charge in [-0.2, -0.15) is 0 Å². The van der Waals surface area contributed by atoms with E-state index in [1.54, 1.807) is 0 Å². The lowest BCUT2D eigenvalue weighted by Gasteiger charge is -2.40. The lowest BCUT2D eigenvalue weighted by atomic mass is 9.91. The molecular weight excluding hydrogens is 156 g/mol. The summed E-state index contributed by atoms with van der Waals surface area (Å²) >= 11 is 0. The van der Waals surface area contributed by atoms with E-state index < -0.39 is 0 Å². The maximum atomic E-state index is 11.4. The van der Waals surface area contributed by atoms with Crippen LogP contribution in [0.3, 0.4) is 0 Å². The summed E-state index contributed by atoms with van der Waals surface area (Å²) in [5.41, 5.74) is 0. The molecule has 0 saturated carbocycles. The third kappa shape index (κ3) is 1.21. The molecule has 2 aliphatic heterocycles. The molecule has 2 heterocycles. The first-order valence-corrected chi connectivity index (χ1v) is 4.35. The van der Waals surface area contributed by atoms with Crippen LogP contribution in [0, 0.1) is 5.92 Å². The van der Waals surface area contributed by atoms with E-state index >= 15 is 0 Å². The largest absolute Gasteiger partial charge is 0.380 e. The molecule has 2 unspecified atom stereocenters. The summed E-state index contributed by atoms with van der Waals surface area (Å²) in [7, 11) is 2.02. The molecule has 0 aromatic carbocycles. The molecule has 2 rings (SSSR count). The number of amides is 1. The normalized spacial score (nSPS) is 37.2. The predicted octanol–water partition coefficient (Wildman–Crippen LogP) is -0.589. The second kappa shape index (κ2) is 3.03. The van der Waals surface area contributed by atoms with Crippen LogP contribution in [0.15, 0.2) is 0 Å². The number of carbonyl (C=O) groups excluding carboxylic acids is 1. The third-order valence-electron chi connectivity index (χ3n) is 2.73. The number of fused-ring (bicyclic) bond motifs is 1. The third-order valence-corrected chi connectivity index (χ3v) is 2.73. The number of hydrogen-bond donors (Lipinski definition) is 1. The Balaban J connectivity index is 2.11. The Morgan fingerprint density at radius 3 is 3.25 bits per heavy atom. The molecule has 1 amide bonds. The molecule has 4 heteroatoms. The van der Waals surface area contributed by atoms with Gasteiger partial charge in [-0.15, -0.1) is 0 Å². The number of carbonyl (C=O) groups is 1. The van der Waals surface area contributed by atoms with Crippen molar-refractivity contribution in [3.63, 3.8) is 0 Å². The van der Waals surface area contributed by atoms with E-state index in [4.69, 9.17) is 4.74 Å². The highest BCUT2D eigenvalue weighted by molar-refractivity contribution is 5.80. The molecule has 4 nitrogen and oxygen atoms in total. The number of likely N-dealkylation sites (N-methyl/N-ethyl adjacent to an activating group) is 1. The average Bonchev–Trinajstić information content (AvgIpc) is 2.12. The molecule has 12 heavy (non-hydrogen) atoms. The molecule has 2 atom stereocenters. The molecule has 0 aromatic rings. The Hall–Kier alpha value is -0.610. The van der Waals surface area contributed by atoms with E-state index in [9.17, 15) is 4.79 Å². The average molecular weight is 170 g/mol. The van der Waals surface area contributed by atoms with E-state index in [0.717, 1.165) is 13.0 Å². The number of hydrogen-bond acceptors (Lipinski definition) is 3. The Morgan fingerprint density at radius 1 is 1.67 bits per heavy atom. The van der Waals surface area contributed by atoms with Crippen LogP contribution in [-0.4, -0.2) is 43.8 Å². The van der Waals surface area contributed by atoms with Crippen molar-refractivity contribution in [2.75, 3.05) is 26.9 Å². The van der Waals surface area contributed by atoms with Crippen molar-refractivity contribution < 1.29 is 9.53 Å². The van der Waals surface area contributed by atoms with E-state index in [-0.39, 0.29) is 11.8 Å². The van der Waals surface area contributed by atoms with Gasteiger partial charge in [0.2, 0.25) is 5.91 Å². The molecule has 0 radical (unpaired) electrons. The van der Waals surface area contributed by atoms with Crippen LogP contribution in [0.25, 0.3) is 0 Å². The first kappa shape index (κ1) is 8.01. The topological polar surface area (TPSA) is 41.6 Å². The molecule has 0 bridgehead atoms. The SMILES string of the molecule is CN1CNC(=O)C2CCOCC21. The fraction of sp³-hybridized carbons (Fsp3) is 0.875. The minimum Gasteiger partial charge on any atom is -0.380 e. The lowest BCUT2D eigenvalue weighted by molar-refractivity contribution is -0.138. The van der Waals surface area contributed by atoms with Gasteiger partial charge < -0.3 is 10.1 Å². The summed E-state index contributed by atoms with van der Waals surface area (Å²) in [6.45, 7) is 2.08. The zero-order chi connectivity index (χ0) is 8.55. The van der Waals surface area contributed by atoms with Crippen LogP contribution < -0.4 is 5.32 Å². The van der Waals surface area contributed by atoms with Gasteiger partial charge in [-0.1, -0.05) is 0 Å². The molecule has 0 aliphatic carbocycles. The van der Waals surface area contributed by atoms with Gasteiger partial charge in [-0.3, -0.25) is 9.69 Å². The number of nitrogens with one attached hydrogen (secondary N) is 1. The maximum absolute atomic E-state index is 11.4. The van der Waals surface area contributed by atoms with Crippen molar-refractivity contribution >= 4 is 5.91 Å². The predicted molar refractivity (Wildman–Crippen MR) is 43.5 cm³/mol. The highest BCUT2D eigenvalue weighted by Crippen LogP contribution is 2.22. The van der Waals surface area contributed by atoms with Gasteiger partial charge >= 0.3 is 0 Å². The van der Waals surface area contributed by atoms with Crippen molar-refractivity contribution in [3.05, 3.63) is 0 Å². The minimum atomic E-state index is 0.150. The summed E-state index contributed by atoms with van der Waals surface area (Å²) < 4.78 is 5.34. The molecule has 2 fully saturated rings. The fourth-order valence-corrected chi connectivity index (χ4v) is 1.91. The molecule has 0 spiro atoms. The first-order valence-electron chi connectivity index (χ1n) is 4.35. The summed E-state index contributed by atoms with van der Waals surface area (Å²) in [5, 5.41) is 2.86. The van der Waals surface area contributed by atoms with Crippen LogP contribution >= 0.6 is 0 Å². The Labute approximate surface area is 71.9 Å². The second-order valence-corrected chi connectivity index (χ2v) is 3.49. The van der Waals surface area contributed by atoms with Crippen LogP contribution in [0.1, 0.15) is 6.42 Å². The van der Waals surface area contributed by atoms with Crippen molar-refractivity contribution in [3.8, 4) is 0 Å². The van der Waals surface area contributed by atoms with Crippen molar-refractivity contribution in [2.24, 2.45) is 5.92 Å².